The van der Waals surface area contributed by atoms with Crippen LogP contribution in [0.3, 0.4) is 0 Å². The highest BCUT2D eigenvalue weighted by molar-refractivity contribution is 7.98. The van der Waals surface area contributed by atoms with E-state index in [2.05, 4.69) is 21.4 Å². The first-order valence-corrected chi connectivity index (χ1v) is 9.46. The first-order valence-electron chi connectivity index (χ1n) is 8.24. The highest BCUT2D eigenvalue weighted by Crippen LogP contribution is 2.35. The monoisotopic (exact) mass is 394 g/mol. The van der Waals surface area contributed by atoms with E-state index in [1.54, 1.807) is 50.6 Å². The molecule has 3 aromatic rings. The maximum absolute atomic E-state index is 9.80. The molecule has 1 heterocycles. The number of benzene rings is 2. The molecule has 2 aromatic carbocycles. The van der Waals surface area contributed by atoms with Crippen molar-refractivity contribution in [3.05, 3.63) is 48.0 Å². The van der Waals surface area contributed by atoms with Crippen LogP contribution in [0.25, 0.3) is 11.3 Å². The number of nitriles is 1. The predicted octanol–water partition coefficient (Wildman–Crippen LogP) is 4.20. The lowest BCUT2D eigenvalue weighted by molar-refractivity contribution is 0.355. The summed E-state index contributed by atoms with van der Waals surface area (Å²) >= 11 is 1.37. The van der Waals surface area contributed by atoms with Gasteiger partial charge in [0, 0.05) is 17.3 Å². The summed E-state index contributed by atoms with van der Waals surface area (Å²) in [6.45, 7) is 0. The fraction of sp³-hybridized carbons (Fsp3) is 0.150. The fourth-order valence-electron chi connectivity index (χ4n) is 2.64. The summed E-state index contributed by atoms with van der Waals surface area (Å²) in [5, 5.41) is 23.1. The molecule has 0 fully saturated rings. The van der Waals surface area contributed by atoms with Crippen LogP contribution in [0.5, 0.6) is 17.2 Å². The number of nitrogens with one attached hydrogen (secondary N) is 1. The smallest absolute Gasteiger partial charge is 0.189 e. The minimum absolute atomic E-state index is 0.114. The molecule has 0 saturated carbocycles. The van der Waals surface area contributed by atoms with Gasteiger partial charge in [0.15, 0.2) is 22.5 Å². The van der Waals surface area contributed by atoms with Crippen molar-refractivity contribution in [2.24, 2.45) is 0 Å². The van der Waals surface area contributed by atoms with Gasteiger partial charge in [-0.3, -0.25) is 0 Å². The Labute approximate surface area is 167 Å². The van der Waals surface area contributed by atoms with Gasteiger partial charge in [0.25, 0.3) is 0 Å². The number of hydrogen-bond donors (Lipinski definition) is 2. The number of phenols is 1. The Balaban J connectivity index is 2.15. The number of hydrogen-bond acceptors (Lipinski definition) is 8. The number of aromatic nitrogens is 2. The molecule has 0 unspecified atom stereocenters. The Morgan fingerprint density at radius 3 is 2.50 bits per heavy atom. The van der Waals surface area contributed by atoms with Crippen LogP contribution in [0.4, 0.5) is 11.5 Å². The maximum atomic E-state index is 9.80. The quantitative estimate of drug-likeness (QED) is 0.474. The molecular formula is C20H18N4O3S. The van der Waals surface area contributed by atoms with Crippen LogP contribution in [-0.4, -0.2) is 35.5 Å². The van der Waals surface area contributed by atoms with Crippen molar-refractivity contribution in [2.45, 2.75) is 5.16 Å². The summed E-state index contributed by atoms with van der Waals surface area (Å²) in [7, 11) is 3.11. The molecule has 0 atom stereocenters. The van der Waals surface area contributed by atoms with Crippen LogP contribution in [0.1, 0.15) is 5.56 Å². The van der Waals surface area contributed by atoms with E-state index in [0.29, 0.717) is 39.4 Å². The Bertz CT molecular complexity index is 1050. The van der Waals surface area contributed by atoms with E-state index in [0.717, 1.165) is 0 Å². The summed E-state index contributed by atoms with van der Waals surface area (Å²) < 4.78 is 10.6. The normalized spacial score (nSPS) is 10.2. The summed E-state index contributed by atoms with van der Waals surface area (Å²) in [5.41, 5.74) is 2.07. The van der Waals surface area contributed by atoms with E-state index in [1.807, 2.05) is 12.3 Å². The molecule has 3 rings (SSSR count). The van der Waals surface area contributed by atoms with Crippen molar-refractivity contribution in [3.8, 4) is 34.6 Å². The average Bonchev–Trinajstić information content (AvgIpc) is 2.72. The third kappa shape index (κ3) is 3.94. The summed E-state index contributed by atoms with van der Waals surface area (Å²) in [5.74, 6) is 1.60. The molecule has 0 bridgehead atoms. The van der Waals surface area contributed by atoms with E-state index in [9.17, 15) is 10.4 Å². The molecule has 0 spiro atoms. The number of nitrogens with zero attached hydrogens (tertiary/aromatic N) is 3. The molecule has 2 N–H and O–H groups in total. The van der Waals surface area contributed by atoms with Crippen molar-refractivity contribution < 1.29 is 14.6 Å². The van der Waals surface area contributed by atoms with E-state index in [4.69, 9.17) is 9.47 Å². The molecule has 0 radical (unpaired) electrons. The SMILES string of the molecule is COc1ccc(-c2nc(SC)nc(Nc3cccc(O)c3)c2C#N)cc1OC. The number of thioether (sulfide) groups is 1. The average molecular weight is 394 g/mol. The first-order chi connectivity index (χ1) is 13.6. The second-order valence-corrected chi connectivity index (χ2v) is 6.41. The number of anilines is 2. The third-order valence-corrected chi connectivity index (χ3v) is 4.50. The van der Waals surface area contributed by atoms with Crippen molar-refractivity contribution in [2.75, 3.05) is 25.8 Å². The molecule has 0 aliphatic rings. The zero-order chi connectivity index (χ0) is 20.1. The second kappa shape index (κ2) is 8.50. The van der Waals surface area contributed by atoms with Gasteiger partial charge in [-0.15, -0.1) is 0 Å². The topological polar surface area (TPSA) is 100 Å². The number of ether oxygens (including phenoxy) is 2. The van der Waals surface area contributed by atoms with Gasteiger partial charge in [0.1, 0.15) is 17.4 Å². The molecule has 8 heteroatoms. The lowest BCUT2D eigenvalue weighted by atomic mass is 10.1. The van der Waals surface area contributed by atoms with Gasteiger partial charge >= 0.3 is 0 Å². The van der Waals surface area contributed by atoms with Gasteiger partial charge in [0.05, 0.1) is 19.9 Å². The second-order valence-electron chi connectivity index (χ2n) is 5.64. The van der Waals surface area contributed by atoms with Crippen LogP contribution in [0.15, 0.2) is 47.6 Å². The molecular weight excluding hydrogens is 376 g/mol. The molecule has 0 aliphatic heterocycles. The molecule has 0 saturated heterocycles. The molecule has 142 valence electrons. The van der Waals surface area contributed by atoms with Crippen LogP contribution < -0.4 is 14.8 Å². The van der Waals surface area contributed by atoms with Crippen molar-refractivity contribution >= 4 is 23.3 Å². The zero-order valence-electron chi connectivity index (χ0n) is 15.6. The lowest BCUT2D eigenvalue weighted by Crippen LogP contribution is -2.03. The summed E-state index contributed by atoms with van der Waals surface area (Å²) in [4.78, 5) is 8.96. The Kier molecular flexibility index (Phi) is 5.87. The lowest BCUT2D eigenvalue weighted by Gasteiger charge is -2.14. The van der Waals surface area contributed by atoms with Gasteiger partial charge in [-0.2, -0.15) is 5.26 Å². The minimum Gasteiger partial charge on any atom is -0.508 e. The minimum atomic E-state index is 0.114. The molecule has 0 amide bonds. The van der Waals surface area contributed by atoms with Gasteiger partial charge in [-0.25, -0.2) is 9.97 Å². The van der Waals surface area contributed by atoms with E-state index < -0.39 is 0 Å². The van der Waals surface area contributed by atoms with Crippen LogP contribution in [0.2, 0.25) is 0 Å². The standard InChI is InChI=1S/C20H18N4O3S/c1-26-16-8-7-12(9-17(16)27-2)18-15(11-21)19(24-20(23-18)28-3)22-13-5-4-6-14(25)10-13/h4-10,25H,1-3H3,(H,22,23,24). The summed E-state index contributed by atoms with van der Waals surface area (Å²) in [6.07, 6.45) is 1.86. The molecule has 1 aromatic heterocycles. The van der Waals surface area contributed by atoms with Gasteiger partial charge < -0.3 is 19.9 Å². The molecule has 7 nitrogen and oxygen atoms in total. The zero-order valence-corrected chi connectivity index (χ0v) is 16.4. The van der Waals surface area contributed by atoms with E-state index in [1.165, 1.54) is 11.8 Å². The Hall–Kier alpha value is -3.44. The summed E-state index contributed by atoms with van der Waals surface area (Å²) in [6, 6.07) is 14.1. The largest absolute Gasteiger partial charge is 0.508 e. The Morgan fingerprint density at radius 2 is 1.86 bits per heavy atom. The van der Waals surface area contributed by atoms with Gasteiger partial charge in [-0.05, 0) is 36.6 Å². The number of methoxy groups -OCH3 is 2. The van der Waals surface area contributed by atoms with Crippen LogP contribution in [-0.2, 0) is 0 Å². The number of phenolic OH excluding ortho intramolecular Hbond substituents is 1. The van der Waals surface area contributed by atoms with Crippen molar-refractivity contribution in [3.63, 3.8) is 0 Å². The van der Waals surface area contributed by atoms with Gasteiger partial charge in [-0.1, -0.05) is 17.8 Å². The maximum Gasteiger partial charge on any atom is 0.189 e. The Morgan fingerprint density at radius 1 is 1.07 bits per heavy atom. The fourth-order valence-corrected chi connectivity index (χ4v) is 3.01. The van der Waals surface area contributed by atoms with Crippen molar-refractivity contribution in [1.29, 1.82) is 5.26 Å². The van der Waals surface area contributed by atoms with E-state index >= 15 is 0 Å². The van der Waals surface area contributed by atoms with Crippen LogP contribution in [0, 0.1) is 11.3 Å². The first kappa shape index (κ1) is 19.3. The number of rotatable bonds is 6. The van der Waals surface area contributed by atoms with Crippen LogP contribution >= 0.6 is 11.8 Å². The van der Waals surface area contributed by atoms with Crippen molar-refractivity contribution in [1.82, 2.24) is 9.97 Å². The predicted molar refractivity (Wildman–Crippen MR) is 108 cm³/mol. The van der Waals surface area contributed by atoms with E-state index in [-0.39, 0.29) is 11.3 Å². The van der Waals surface area contributed by atoms with Gasteiger partial charge in [0.2, 0.25) is 0 Å². The molecule has 0 aliphatic carbocycles. The molecule has 28 heavy (non-hydrogen) atoms. The highest BCUT2D eigenvalue weighted by atomic mass is 32.2. The highest BCUT2D eigenvalue weighted by Gasteiger charge is 2.18. The number of aromatic hydroxyl groups is 1. The third-order valence-electron chi connectivity index (χ3n) is 3.95.